The number of carbonyl (C=O) groups is 3. The third-order valence-electron chi connectivity index (χ3n) is 8.86. The second-order valence-electron chi connectivity index (χ2n) is 14.1. The Kier molecular flexibility index (Phi) is 36.0. The summed E-state index contributed by atoms with van der Waals surface area (Å²) in [6, 6.07) is -1.53. The van der Waals surface area contributed by atoms with Crippen LogP contribution in [0.1, 0.15) is 181 Å². The first kappa shape index (κ1) is 51.7. The molecule has 11 nitrogen and oxygen atoms in total. The number of carbonyl (C=O) groups excluding carboxylic acids is 2. The molecular weight excluding hydrogens is 709 g/mol. The summed E-state index contributed by atoms with van der Waals surface area (Å²) in [7, 11) is -4.72. The van der Waals surface area contributed by atoms with Gasteiger partial charge in [-0.15, -0.1) is 0 Å². The Morgan fingerprint density at radius 2 is 1.00 bits per heavy atom. The molecule has 0 amide bonds. The predicted molar refractivity (Wildman–Crippen MR) is 217 cm³/mol. The second-order valence-corrected chi connectivity index (χ2v) is 15.6. The van der Waals surface area contributed by atoms with Crippen LogP contribution in [-0.4, -0.2) is 59.9 Å². The van der Waals surface area contributed by atoms with Gasteiger partial charge in [0.25, 0.3) is 0 Å². The van der Waals surface area contributed by atoms with Gasteiger partial charge >= 0.3 is 25.7 Å². The largest absolute Gasteiger partial charge is 0.480 e. The molecule has 0 bridgehead atoms. The Hall–Kier alpha value is -2.30. The van der Waals surface area contributed by atoms with Crippen molar-refractivity contribution in [1.29, 1.82) is 0 Å². The zero-order chi connectivity index (χ0) is 40.0. The smallest absolute Gasteiger partial charge is 0.472 e. The molecule has 0 saturated heterocycles. The first-order valence-electron chi connectivity index (χ1n) is 21.0. The SMILES string of the molecule is CCCCCCCC/C=C/CCCCCC(=O)O[C@H](COC(=O)CCC/C=C/C/C=C/CCCCCCCCCCC)COP(=O)(O)OC[C@H](N)C(=O)O. The summed E-state index contributed by atoms with van der Waals surface area (Å²) >= 11 is 0. The van der Waals surface area contributed by atoms with Gasteiger partial charge in [0.05, 0.1) is 13.2 Å². The highest BCUT2D eigenvalue weighted by Gasteiger charge is 2.28. The molecule has 0 aliphatic carbocycles. The summed E-state index contributed by atoms with van der Waals surface area (Å²) < 4.78 is 32.6. The number of ether oxygens (including phenoxy) is 2. The number of rotatable bonds is 39. The Bertz CT molecular complexity index is 1060. The van der Waals surface area contributed by atoms with Crippen LogP contribution in [0.2, 0.25) is 0 Å². The number of aliphatic carboxylic acids is 1. The number of nitrogens with two attached hydrogens (primary N) is 1. The molecule has 0 saturated carbocycles. The molecular formula is C42H76NO10P. The summed E-state index contributed by atoms with van der Waals surface area (Å²) in [5, 5.41) is 8.87. The molecule has 0 aromatic rings. The maximum absolute atomic E-state index is 12.6. The van der Waals surface area contributed by atoms with Crippen LogP contribution < -0.4 is 5.73 Å². The number of esters is 2. The molecule has 0 aliphatic heterocycles. The maximum Gasteiger partial charge on any atom is 0.472 e. The average molecular weight is 786 g/mol. The molecule has 0 aliphatic rings. The Morgan fingerprint density at radius 1 is 0.574 bits per heavy atom. The zero-order valence-electron chi connectivity index (χ0n) is 33.8. The van der Waals surface area contributed by atoms with Crippen LogP contribution >= 0.6 is 7.82 Å². The molecule has 0 aromatic heterocycles. The molecule has 3 atom stereocenters. The van der Waals surface area contributed by atoms with Crippen molar-refractivity contribution < 1.29 is 47.5 Å². The van der Waals surface area contributed by atoms with E-state index in [1.54, 1.807) is 0 Å². The molecule has 0 spiro atoms. The quantitative estimate of drug-likeness (QED) is 0.0234. The van der Waals surface area contributed by atoms with Gasteiger partial charge in [-0.1, -0.05) is 140 Å². The van der Waals surface area contributed by atoms with Crippen LogP contribution in [0.25, 0.3) is 0 Å². The van der Waals surface area contributed by atoms with Crippen LogP contribution in [0, 0.1) is 0 Å². The van der Waals surface area contributed by atoms with Gasteiger partial charge in [-0.3, -0.25) is 23.4 Å². The molecule has 54 heavy (non-hydrogen) atoms. The van der Waals surface area contributed by atoms with Crippen molar-refractivity contribution in [1.82, 2.24) is 0 Å². The normalized spacial score (nSPS) is 14.1. The van der Waals surface area contributed by atoms with Crippen molar-refractivity contribution in [2.75, 3.05) is 19.8 Å². The standard InChI is InChI=1S/C42H76NO10P/c1-3-5-7-9-11-13-15-17-18-19-20-22-23-25-27-29-31-33-40(44)50-35-38(36-51-54(48,49)52-37-39(43)42(46)47)53-41(45)34-32-30-28-26-24-21-16-14-12-10-8-6-4-2/h20-22,24-25,27,38-39H,3-19,23,26,28-37,43H2,1-2H3,(H,46,47)(H,48,49)/b22-20+,24-21+,27-25+/t38-,39+/m1/s1. The zero-order valence-corrected chi connectivity index (χ0v) is 34.7. The Labute approximate surface area is 327 Å². The van der Waals surface area contributed by atoms with E-state index < -0.39 is 51.1 Å². The number of hydrogen-bond donors (Lipinski definition) is 3. The minimum atomic E-state index is -4.72. The van der Waals surface area contributed by atoms with E-state index in [0.29, 0.717) is 19.3 Å². The highest BCUT2D eigenvalue weighted by Crippen LogP contribution is 2.43. The molecule has 0 rings (SSSR count). The summed E-state index contributed by atoms with van der Waals surface area (Å²) in [5.74, 6) is -2.46. The fourth-order valence-electron chi connectivity index (χ4n) is 5.51. The fourth-order valence-corrected chi connectivity index (χ4v) is 6.29. The van der Waals surface area contributed by atoms with Gasteiger partial charge < -0.3 is 25.2 Å². The Balaban J connectivity index is 4.46. The van der Waals surface area contributed by atoms with Gasteiger partial charge in [-0.2, -0.15) is 0 Å². The second kappa shape index (κ2) is 37.6. The Morgan fingerprint density at radius 3 is 1.52 bits per heavy atom. The van der Waals surface area contributed by atoms with Crippen molar-refractivity contribution in [2.24, 2.45) is 5.73 Å². The van der Waals surface area contributed by atoms with Gasteiger partial charge in [0.1, 0.15) is 12.6 Å². The number of allylic oxidation sites excluding steroid dienone is 6. The molecule has 12 heteroatoms. The van der Waals surface area contributed by atoms with Gasteiger partial charge in [0, 0.05) is 12.8 Å². The van der Waals surface area contributed by atoms with Crippen molar-refractivity contribution in [3.63, 3.8) is 0 Å². The predicted octanol–water partition coefficient (Wildman–Crippen LogP) is 10.8. The lowest BCUT2D eigenvalue weighted by molar-refractivity contribution is -0.161. The highest BCUT2D eigenvalue weighted by atomic mass is 31.2. The lowest BCUT2D eigenvalue weighted by atomic mass is 10.1. The minimum absolute atomic E-state index is 0.132. The molecule has 4 N–H and O–H groups in total. The molecule has 0 radical (unpaired) electrons. The van der Waals surface area contributed by atoms with Crippen LogP contribution in [0.15, 0.2) is 36.5 Å². The van der Waals surface area contributed by atoms with E-state index in [1.807, 2.05) is 6.08 Å². The van der Waals surface area contributed by atoms with Gasteiger partial charge in [-0.25, -0.2) is 4.57 Å². The monoisotopic (exact) mass is 786 g/mol. The van der Waals surface area contributed by atoms with Crippen molar-refractivity contribution in [3.8, 4) is 0 Å². The molecule has 0 heterocycles. The average Bonchev–Trinajstić information content (AvgIpc) is 3.14. The van der Waals surface area contributed by atoms with E-state index >= 15 is 0 Å². The van der Waals surface area contributed by atoms with Gasteiger partial charge in [0.2, 0.25) is 0 Å². The number of carboxylic acids is 1. The van der Waals surface area contributed by atoms with E-state index in [1.165, 1.54) is 96.3 Å². The summed E-state index contributed by atoms with van der Waals surface area (Å²) in [4.78, 5) is 45.8. The topological polar surface area (TPSA) is 172 Å². The number of hydrogen-bond acceptors (Lipinski definition) is 9. The minimum Gasteiger partial charge on any atom is -0.480 e. The van der Waals surface area contributed by atoms with Gasteiger partial charge in [-0.05, 0) is 64.2 Å². The first-order chi connectivity index (χ1) is 26.1. The van der Waals surface area contributed by atoms with E-state index in [9.17, 15) is 23.8 Å². The van der Waals surface area contributed by atoms with E-state index in [0.717, 1.165) is 38.5 Å². The van der Waals surface area contributed by atoms with Crippen LogP contribution in [0.5, 0.6) is 0 Å². The van der Waals surface area contributed by atoms with Crippen molar-refractivity contribution in [3.05, 3.63) is 36.5 Å². The third kappa shape index (κ3) is 36.7. The van der Waals surface area contributed by atoms with Crippen molar-refractivity contribution in [2.45, 2.75) is 193 Å². The summed E-state index contributed by atoms with van der Waals surface area (Å²) in [6.45, 7) is 2.73. The fraction of sp³-hybridized carbons (Fsp3) is 0.786. The van der Waals surface area contributed by atoms with Gasteiger partial charge in [0.15, 0.2) is 6.10 Å². The number of phosphoric acid groups is 1. The molecule has 1 unspecified atom stereocenters. The number of carboxylic acid groups (broad SMARTS) is 1. The van der Waals surface area contributed by atoms with Crippen molar-refractivity contribution >= 4 is 25.7 Å². The third-order valence-corrected chi connectivity index (χ3v) is 9.81. The summed E-state index contributed by atoms with van der Waals surface area (Å²) in [6.07, 6.45) is 39.4. The first-order valence-corrected chi connectivity index (χ1v) is 22.5. The molecule has 0 aromatic carbocycles. The molecule has 314 valence electrons. The van der Waals surface area contributed by atoms with Crippen LogP contribution in [0.4, 0.5) is 0 Å². The molecule has 0 fully saturated rings. The lowest BCUT2D eigenvalue weighted by Crippen LogP contribution is -2.34. The van der Waals surface area contributed by atoms with Crippen LogP contribution in [0.3, 0.4) is 0 Å². The van der Waals surface area contributed by atoms with E-state index in [4.69, 9.17) is 24.8 Å². The maximum atomic E-state index is 12.6. The number of phosphoric ester groups is 1. The number of unbranched alkanes of at least 4 members (excludes halogenated alkanes) is 19. The van der Waals surface area contributed by atoms with Crippen LogP contribution in [-0.2, 0) is 37.5 Å². The summed E-state index contributed by atoms with van der Waals surface area (Å²) in [5.41, 5.74) is 5.32. The lowest BCUT2D eigenvalue weighted by Gasteiger charge is -2.20. The highest BCUT2D eigenvalue weighted by molar-refractivity contribution is 7.47. The van der Waals surface area contributed by atoms with E-state index in [-0.39, 0.29) is 19.4 Å². The van der Waals surface area contributed by atoms with E-state index in [2.05, 4.69) is 48.8 Å².